The topological polar surface area (TPSA) is 32.3 Å². The Hall–Kier alpha value is -1.35. The van der Waals surface area contributed by atoms with Crippen LogP contribution in [0.25, 0.3) is 0 Å². The molecule has 1 aromatic rings. The van der Waals surface area contributed by atoms with Crippen LogP contribution in [0.2, 0.25) is 0 Å². The summed E-state index contributed by atoms with van der Waals surface area (Å²) >= 11 is 0. The lowest BCUT2D eigenvalue weighted by molar-refractivity contribution is -0.122. The first-order valence-corrected chi connectivity index (χ1v) is 7.07. The predicted molar refractivity (Wildman–Crippen MR) is 79.7 cm³/mol. The predicted octanol–water partition coefficient (Wildman–Crippen LogP) is 2.57. The maximum absolute atomic E-state index is 12.6. The van der Waals surface area contributed by atoms with E-state index >= 15 is 0 Å². The lowest BCUT2D eigenvalue weighted by Gasteiger charge is -2.29. The van der Waals surface area contributed by atoms with Gasteiger partial charge in [0.15, 0.2) is 0 Å². The van der Waals surface area contributed by atoms with Gasteiger partial charge in [-0.05, 0) is 51.3 Å². The molecule has 0 aromatic heterocycles. The standard InChI is InChI=1S/C16H24N2O/c1-11-8-12(2)15(13(3)9-11)18(4)16(19)14-6-5-7-17-10-14/h8-9,14,17H,5-7,10H2,1-4H3. The fraction of sp³-hybridized carbons (Fsp3) is 0.562. The Bertz CT molecular complexity index is 453. The first-order valence-electron chi connectivity index (χ1n) is 7.07. The van der Waals surface area contributed by atoms with Crippen LogP contribution in [0.15, 0.2) is 12.1 Å². The van der Waals surface area contributed by atoms with E-state index in [1.165, 1.54) is 16.7 Å². The quantitative estimate of drug-likeness (QED) is 0.886. The molecule has 104 valence electrons. The smallest absolute Gasteiger partial charge is 0.231 e. The molecule has 1 N–H and O–H groups in total. The lowest BCUT2D eigenvalue weighted by atomic mass is 9.97. The number of hydrogen-bond acceptors (Lipinski definition) is 2. The molecule has 1 fully saturated rings. The van der Waals surface area contributed by atoms with Crippen LogP contribution in [0, 0.1) is 26.7 Å². The van der Waals surface area contributed by atoms with Crippen LogP contribution in [0.3, 0.4) is 0 Å². The van der Waals surface area contributed by atoms with Crippen LogP contribution in [0.5, 0.6) is 0 Å². The number of hydrogen-bond donors (Lipinski definition) is 1. The first kappa shape index (κ1) is 14.1. The van der Waals surface area contributed by atoms with Crippen LogP contribution in [-0.4, -0.2) is 26.0 Å². The largest absolute Gasteiger partial charge is 0.316 e. The minimum Gasteiger partial charge on any atom is -0.316 e. The maximum Gasteiger partial charge on any atom is 0.231 e. The van der Waals surface area contributed by atoms with Gasteiger partial charge in [-0.2, -0.15) is 0 Å². The summed E-state index contributed by atoms with van der Waals surface area (Å²) in [5, 5.41) is 3.31. The van der Waals surface area contributed by atoms with Crippen molar-refractivity contribution in [3.63, 3.8) is 0 Å². The molecule has 1 heterocycles. The van der Waals surface area contributed by atoms with Crippen molar-refractivity contribution in [1.29, 1.82) is 0 Å². The second-order valence-corrected chi connectivity index (χ2v) is 5.69. The van der Waals surface area contributed by atoms with Gasteiger partial charge in [0, 0.05) is 19.3 Å². The van der Waals surface area contributed by atoms with Gasteiger partial charge in [0.1, 0.15) is 0 Å². The molecule has 1 aliphatic rings. The average molecular weight is 260 g/mol. The van der Waals surface area contributed by atoms with Crippen LogP contribution in [-0.2, 0) is 4.79 Å². The number of aryl methyl sites for hydroxylation is 3. The summed E-state index contributed by atoms with van der Waals surface area (Å²) in [6.07, 6.45) is 2.09. The van der Waals surface area contributed by atoms with Gasteiger partial charge in [-0.25, -0.2) is 0 Å². The Morgan fingerprint density at radius 3 is 2.42 bits per heavy atom. The van der Waals surface area contributed by atoms with Crippen LogP contribution < -0.4 is 10.2 Å². The van der Waals surface area contributed by atoms with E-state index in [9.17, 15) is 4.79 Å². The molecule has 1 amide bonds. The van der Waals surface area contributed by atoms with Gasteiger partial charge in [0.2, 0.25) is 5.91 Å². The summed E-state index contributed by atoms with van der Waals surface area (Å²) in [5.74, 6) is 0.362. The number of anilines is 1. The molecule has 3 nitrogen and oxygen atoms in total. The van der Waals surface area contributed by atoms with Crippen molar-refractivity contribution in [2.75, 3.05) is 25.0 Å². The molecule has 19 heavy (non-hydrogen) atoms. The second kappa shape index (κ2) is 5.74. The highest BCUT2D eigenvalue weighted by Gasteiger charge is 2.26. The third kappa shape index (κ3) is 2.98. The molecule has 1 atom stereocenters. The van der Waals surface area contributed by atoms with Gasteiger partial charge < -0.3 is 10.2 Å². The molecular weight excluding hydrogens is 236 g/mol. The summed E-state index contributed by atoms with van der Waals surface area (Å²) in [4.78, 5) is 14.4. The lowest BCUT2D eigenvalue weighted by Crippen LogP contribution is -2.41. The molecule has 0 saturated carbocycles. The molecule has 1 aromatic carbocycles. The molecule has 0 aliphatic carbocycles. The fourth-order valence-electron chi connectivity index (χ4n) is 3.15. The number of benzene rings is 1. The Labute approximate surface area is 116 Å². The fourth-order valence-corrected chi connectivity index (χ4v) is 3.15. The highest BCUT2D eigenvalue weighted by atomic mass is 16.2. The van der Waals surface area contributed by atoms with Crippen LogP contribution in [0.1, 0.15) is 29.5 Å². The van der Waals surface area contributed by atoms with Crippen LogP contribution >= 0.6 is 0 Å². The summed E-state index contributed by atoms with van der Waals surface area (Å²) < 4.78 is 0. The highest BCUT2D eigenvalue weighted by Crippen LogP contribution is 2.27. The molecule has 1 unspecified atom stereocenters. The zero-order valence-electron chi connectivity index (χ0n) is 12.4. The zero-order chi connectivity index (χ0) is 14.0. The minimum atomic E-state index is 0.124. The van der Waals surface area contributed by atoms with Crippen LogP contribution in [0.4, 0.5) is 5.69 Å². The number of nitrogens with zero attached hydrogens (tertiary/aromatic N) is 1. The Morgan fingerprint density at radius 2 is 1.89 bits per heavy atom. The first-order chi connectivity index (χ1) is 9.00. The van der Waals surface area contributed by atoms with Gasteiger partial charge in [0.25, 0.3) is 0 Å². The molecule has 1 saturated heterocycles. The molecule has 2 rings (SSSR count). The van der Waals surface area contributed by atoms with E-state index in [4.69, 9.17) is 0 Å². The number of piperidine rings is 1. The van der Waals surface area contributed by atoms with Gasteiger partial charge in [0.05, 0.1) is 5.92 Å². The maximum atomic E-state index is 12.6. The van der Waals surface area contributed by atoms with Crippen molar-refractivity contribution in [3.05, 3.63) is 28.8 Å². The van der Waals surface area contributed by atoms with Crippen molar-refractivity contribution in [2.45, 2.75) is 33.6 Å². The minimum absolute atomic E-state index is 0.124. The zero-order valence-corrected chi connectivity index (χ0v) is 12.4. The third-order valence-electron chi connectivity index (χ3n) is 3.95. The van der Waals surface area contributed by atoms with E-state index in [0.717, 1.165) is 31.6 Å². The van der Waals surface area contributed by atoms with Crippen molar-refractivity contribution in [1.82, 2.24) is 5.32 Å². The number of carbonyl (C=O) groups excluding carboxylic acids is 1. The van der Waals surface area contributed by atoms with Gasteiger partial charge in [-0.3, -0.25) is 4.79 Å². The molecule has 0 radical (unpaired) electrons. The average Bonchev–Trinajstić information content (AvgIpc) is 2.37. The second-order valence-electron chi connectivity index (χ2n) is 5.69. The van der Waals surface area contributed by atoms with Gasteiger partial charge in [-0.15, -0.1) is 0 Å². The highest BCUT2D eigenvalue weighted by molar-refractivity contribution is 5.96. The molecule has 0 bridgehead atoms. The number of amides is 1. The number of carbonyl (C=O) groups is 1. The van der Waals surface area contributed by atoms with Crippen molar-refractivity contribution < 1.29 is 4.79 Å². The number of rotatable bonds is 2. The normalized spacial score (nSPS) is 19.3. The Morgan fingerprint density at radius 1 is 1.26 bits per heavy atom. The summed E-state index contributed by atoms with van der Waals surface area (Å²) in [7, 11) is 1.90. The van der Waals surface area contributed by atoms with E-state index in [1.54, 1.807) is 0 Å². The van der Waals surface area contributed by atoms with Gasteiger partial charge in [-0.1, -0.05) is 17.7 Å². The van der Waals surface area contributed by atoms with E-state index in [1.807, 2.05) is 11.9 Å². The Balaban J connectivity index is 2.23. The van der Waals surface area contributed by atoms with Crippen molar-refractivity contribution in [2.24, 2.45) is 5.92 Å². The number of nitrogens with one attached hydrogen (secondary N) is 1. The van der Waals surface area contributed by atoms with E-state index < -0.39 is 0 Å². The van der Waals surface area contributed by atoms with E-state index in [-0.39, 0.29) is 11.8 Å². The summed E-state index contributed by atoms with van der Waals surface area (Å²) in [5.41, 5.74) is 4.68. The monoisotopic (exact) mass is 260 g/mol. The third-order valence-corrected chi connectivity index (χ3v) is 3.95. The summed E-state index contributed by atoms with van der Waals surface area (Å²) in [6, 6.07) is 4.29. The van der Waals surface area contributed by atoms with Crippen molar-refractivity contribution in [3.8, 4) is 0 Å². The Kier molecular flexibility index (Phi) is 4.25. The van der Waals surface area contributed by atoms with E-state index in [0.29, 0.717) is 0 Å². The molecular formula is C16H24N2O. The van der Waals surface area contributed by atoms with Gasteiger partial charge >= 0.3 is 0 Å². The molecule has 3 heteroatoms. The van der Waals surface area contributed by atoms with Crippen molar-refractivity contribution >= 4 is 11.6 Å². The molecule has 0 spiro atoms. The SMILES string of the molecule is Cc1cc(C)c(N(C)C(=O)C2CCCNC2)c(C)c1. The summed E-state index contributed by atoms with van der Waals surface area (Å²) in [6.45, 7) is 8.11. The molecule has 1 aliphatic heterocycles. The van der Waals surface area contributed by atoms with E-state index in [2.05, 4.69) is 38.2 Å².